The predicted molar refractivity (Wildman–Crippen MR) is 98.9 cm³/mol. The first kappa shape index (κ1) is 19.1. The van der Waals surface area contributed by atoms with Crippen molar-refractivity contribution in [3.63, 3.8) is 0 Å². The summed E-state index contributed by atoms with van der Waals surface area (Å²) in [5.74, 6) is -1.05. The number of amides is 3. The molecule has 0 bridgehead atoms. The SMILES string of the molecule is CN1C(=O)COc2ccc(NC(=O)C(=O)NCCCN3CCOCC3)cc21. The molecule has 2 aliphatic heterocycles. The third-order valence-electron chi connectivity index (χ3n) is 4.55. The fourth-order valence-corrected chi connectivity index (χ4v) is 2.95. The van der Waals surface area contributed by atoms with Gasteiger partial charge in [-0.05, 0) is 31.2 Å². The van der Waals surface area contributed by atoms with Gasteiger partial charge in [-0.25, -0.2) is 0 Å². The number of rotatable bonds is 5. The number of anilines is 2. The van der Waals surface area contributed by atoms with Crippen molar-refractivity contribution < 1.29 is 23.9 Å². The lowest BCUT2D eigenvalue weighted by Gasteiger charge is -2.26. The van der Waals surface area contributed by atoms with Crippen LogP contribution in [0.3, 0.4) is 0 Å². The van der Waals surface area contributed by atoms with Crippen molar-refractivity contribution in [2.24, 2.45) is 0 Å². The second-order valence-electron chi connectivity index (χ2n) is 6.44. The zero-order valence-corrected chi connectivity index (χ0v) is 15.3. The fourth-order valence-electron chi connectivity index (χ4n) is 2.95. The van der Waals surface area contributed by atoms with Crippen molar-refractivity contribution in [3.8, 4) is 5.75 Å². The molecule has 0 spiro atoms. The molecule has 0 atom stereocenters. The van der Waals surface area contributed by atoms with E-state index in [1.54, 1.807) is 25.2 Å². The first-order valence-corrected chi connectivity index (χ1v) is 8.97. The first-order chi connectivity index (χ1) is 13.0. The van der Waals surface area contributed by atoms with Crippen LogP contribution in [0.2, 0.25) is 0 Å². The van der Waals surface area contributed by atoms with E-state index in [4.69, 9.17) is 9.47 Å². The van der Waals surface area contributed by atoms with Gasteiger partial charge in [0.05, 0.1) is 18.9 Å². The smallest absolute Gasteiger partial charge is 0.313 e. The summed E-state index contributed by atoms with van der Waals surface area (Å²) in [6, 6.07) is 4.90. The summed E-state index contributed by atoms with van der Waals surface area (Å²) in [5, 5.41) is 5.17. The van der Waals surface area contributed by atoms with Crippen LogP contribution in [0.1, 0.15) is 6.42 Å². The molecular formula is C18H24N4O5. The summed E-state index contributed by atoms with van der Waals surface area (Å²) in [6.07, 6.45) is 0.766. The third kappa shape index (κ3) is 4.95. The second kappa shape index (κ2) is 8.83. The average molecular weight is 376 g/mol. The van der Waals surface area contributed by atoms with Gasteiger partial charge in [-0.15, -0.1) is 0 Å². The number of morpholine rings is 1. The van der Waals surface area contributed by atoms with E-state index in [0.29, 0.717) is 23.7 Å². The lowest BCUT2D eigenvalue weighted by molar-refractivity contribution is -0.136. The molecule has 3 amide bonds. The minimum Gasteiger partial charge on any atom is -0.482 e. The summed E-state index contributed by atoms with van der Waals surface area (Å²) in [4.78, 5) is 39.4. The highest BCUT2D eigenvalue weighted by Crippen LogP contribution is 2.33. The highest BCUT2D eigenvalue weighted by molar-refractivity contribution is 6.39. The molecule has 1 aromatic rings. The Kier molecular flexibility index (Phi) is 6.25. The van der Waals surface area contributed by atoms with Crippen LogP contribution in [0.5, 0.6) is 5.75 Å². The average Bonchev–Trinajstić information content (AvgIpc) is 2.69. The Bertz CT molecular complexity index is 718. The first-order valence-electron chi connectivity index (χ1n) is 8.97. The molecular weight excluding hydrogens is 352 g/mol. The summed E-state index contributed by atoms with van der Waals surface area (Å²) in [7, 11) is 1.64. The van der Waals surface area contributed by atoms with E-state index in [-0.39, 0.29) is 12.5 Å². The van der Waals surface area contributed by atoms with Gasteiger partial charge in [0.1, 0.15) is 5.75 Å². The Morgan fingerprint density at radius 1 is 1.19 bits per heavy atom. The molecule has 0 aromatic heterocycles. The van der Waals surface area contributed by atoms with Crippen molar-refractivity contribution in [1.82, 2.24) is 10.2 Å². The number of hydrogen-bond donors (Lipinski definition) is 2. The maximum atomic E-state index is 12.1. The van der Waals surface area contributed by atoms with Crippen molar-refractivity contribution >= 4 is 29.1 Å². The second-order valence-corrected chi connectivity index (χ2v) is 6.44. The van der Waals surface area contributed by atoms with Gasteiger partial charge in [0, 0.05) is 32.4 Å². The van der Waals surface area contributed by atoms with Crippen LogP contribution in [0.25, 0.3) is 0 Å². The Hall–Kier alpha value is -2.65. The summed E-state index contributed by atoms with van der Waals surface area (Å²) in [5.41, 5.74) is 0.974. The van der Waals surface area contributed by atoms with Gasteiger partial charge < -0.3 is 25.0 Å². The lowest BCUT2D eigenvalue weighted by atomic mass is 10.2. The van der Waals surface area contributed by atoms with Gasteiger partial charge in [-0.2, -0.15) is 0 Å². The maximum Gasteiger partial charge on any atom is 0.313 e. The van der Waals surface area contributed by atoms with Crippen LogP contribution in [0, 0.1) is 0 Å². The van der Waals surface area contributed by atoms with Crippen LogP contribution >= 0.6 is 0 Å². The number of fused-ring (bicyclic) bond motifs is 1. The Labute approximate surface area is 157 Å². The molecule has 0 unspecified atom stereocenters. The van der Waals surface area contributed by atoms with Crippen molar-refractivity contribution in [2.45, 2.75) is 6.42 Å². The minimum absolute atomic E-state index is 0.0118. The quantitative estimate of drug-likeness (QED) is 0.546. The maximum absolute atomic E-state index is 12.1. The van der Waals surface area contributed by atoms with Gasteiger partial charge in [0.15, 0.2) is 6.61 Å². The Balaban J connectivity index is 1.45. The molecule has 2 heterocycles. The van der Waals surface area contributed by atoms with E-state index in [1.165, 1.54) is 4.90 Å². The molecule has 9 nitrogen and oxygen atoms in total. The zero-order valence-electron chi connectivity index (χ0n) is 15.3. The molecule has 3 rings (SSSR count). The minimum atomic E-state index is -0.743. The predicted octanol–water partition coefficient (Wildman–Crippen LogP) is -0.181. The van der Waals surface area contributed by atoms with Crippen LogP contribution in [-0.4, -0.2) is 75.7 Å². The topological polar surface area (TPSA) is 100 Å². The largest absolute Gasteiger partial charge is 0.482 e. The van der Waals surface area contributed by atoms with Gasteiger partial charge in [-0.1, -0.05) is 0 Å². The summed E-state index contributed by atoms with van der Waals surface area (Å²) >= 11 is 0. The number of nitrogens with one attached hydrogen (secondary N) is 2. The van der Waals surface area contributed by atoms with Crippen LogP contribution in [0.15, 0.2) is 18.2 Å². The van der Waals surface area contributed by atoms with E-state index in [0.717, 1.165) is 39.3 Å². The molecule has 0 aliphatic carbocycles. The van der Waals surface area contributed by atoms with E-state index in [9.17, 15) is 14.4 Å². The lowest BCUT2D eigenvalue weighted by Crippen LogP contribution is -2.40. The molecule has 1 saturated heterocycles. The Morgan fingerprint density at radius 3 is 2.74 bits per heavy atom. The highest BCUT2D eigenvalue weighted by atomic mass is 16.5. The number of nitrogens with zero attached hydrogens (tertiary/aromatic N) is 2. The van der Waals surface area contributed by atoms with E-state index in [1.807, 2.05) is 0 Å². The molecule has 27 heavy (non-hydrogen) atoms. The van der Waals surface area contributed by atoms with Crippen LogP contribution < -0.4 is 20.3 Å². The number of carbonyl (C=O) groups excluding carboxylic acids is 3. The highest BCUT2D eigenvalue weighted by Gasteiger charge is 2.23. The number of likely N-dealkylation sites (N-methyl/N-ethyl adjacent to an activating group) is 1. The third-order valence-corrected chi connectivity index (χ3v) is 4.55. The summed E-state index contributed by atoms with van der Waals surface area (Å²) < 4.78 is 10.6. The molecule has 146 valence electrons. The van der Waals surface area contributed by atoms with E-state index < -0.39 is 11.8 Å². The normalized spacial score (nSPS) is 17.1. The van der Waals surface area contributed by atoms with Crippen LogP contribution in [0.4, 0.5) is 11.4 Å². The molecule has 2 aliphatic rings. The van der Waals surface area contributed by atoms with Crippen molar-refractivity contribution in [2.75, 3.05) is 63.3 Å². The molecule has 2 N–H and O–H groups in total. The zero-order chi connectivity index (χ0) is 19.2. The molecule has 1 fully saturated rings. The monoisotopic (exact) mass is 376 g/mol. The molecule has 1 aromatic carbocycles. The number of carbonyl (C=O) groups is 3. The van der Waals surface area contributed by atoms with Crippen molar-refractivity contribution in [1.29, 1.82) is 0 Å². The molecule has 0 saturated carbocycles. The summed E-state index contributed by atoms with van der Waals surface area (Å²) in [6.45, 7) is 4.54. The van der Waals surface area contributed by atoms with Crippen molar-refractivity contribution in [3.05, 3.63) is 18.2 Å². The standard InChI is InChI=1S/C18H24N4O5/c1-21-14-11-13(3-4-15(14)27-12-16(21)23)20-18(25)17(24)19-5-2-6-22-7-9-26-10-8-22/h3-4,11H,2,5-10,12H2,1H3,(H,19,24)(H,20,25). The number of hydrogen-bond acceptors (Lipinski definition) is 6. The molecule has 0 radical (unpaired) electrons. The van der Waals surface area contributed by atoms with Gasteiger partial charge >= 0.3 is 11.8 Å². The Morgan fingerprint density at radius 2 is 1.96 bits per heavy atom. The van der Waals surface area contributed by atoms with Gasteiger partial charge in [0.2, 0.25) is 0 Å². The van der Waals surface area contributed by atoms with Crippen LogP contribution in [-0.2, 0) is 19.1 Å². The van der Waals surface area contributed by atoms with Gasteiger partial charge in [0.25, 0.3) is 5.91 Å². The van der Waals surface area contributed by atoms with E-state index in [2.05, 4.69) is 15.5 Å². The molecule has 9 heteroatoms. The number of ether oxygens (including phenoxy) is 2. The van der Waals surface area contributed by atoms with E-state index >= 15 is 0 Å². The number of benzene rings is 1. The van der Waals surface area contributed by atoms with Gasteiger partial charge in [-0.3, -0.25) is 19.3 Å². The fraction of sp³-hybridized carbons (Fsp3) is 0.500.